The van der Waals surface area contributed by atoms with Gasteiger partial charge in [-0.05, 0) is 19.3 Å². The molecular weight excluding hydrogens is 783 g/mol. The van der Waals surface area contributed by atoms with Gasteiger partial charge < -0.3 is 24.2 Å². The van der Waals surface area contributed by atoms with Gasteiger partial charge >= 0.3 is 25.7 Å². The number of ether oxygens (including phenoxy) is 3. The lowest BCUT2D eigenvalue weighted by atomic mass is 10.0. The van der Waals surface area contributed by atoms with Gasteiger partial charge in [-0.15, -0.1) is 0 Å². The molecule has 0 saturated carbocycles. The van der Waals surface area contributed by atoms with Crippen molar-refractivity contribution in [2.45, 2.75) is 264 Å². The first-order valence-corrected chi connectivity index (χ1v) is 26.4. The number of phosphoric acid groups is 1. The summed E-state index contributed by atoms with van der Waals surface area (Å²) in [5.74, 6) is -1.44. The van der Waals surface area contributed by atoms with E-state index in [2.05, 4.69) is 20.8 Å². The van der Waals surface area contributed by atoms with Crippen molar-refractivity contribution in [2.75, 3.05) is 26.4 Å². The molecule has 11 nitrogen and oxygen atoms in total. The van der Waals surface area contributed by atoms with E-state index in [1.165, 1.54) is 135 Å². The summed E-state index contributed by atoms with van der Waals surface area (Å²) in [6, 6.07) is 0. The van der Waals surface area contributed by atoms with Crippen molar-refractivity contribution in [3.63, 3.8) is 0 Å². The van der Waals surface area contributed by atoms with Crippen LogP contribution in [0, 0.1) is 0 Å². The Morgan fingerprint density at radius 3 is 0.983 bits per heavy atom. The molecule has 0 aliphatic heterocycles. The maximum atomic E-state index is 12.8. The number of phosphoric ester groups is 1. The van der Waals surface area contributed by atoms with Crippen LogP contribution < -0.4 is 0 Å². The number of unbranched alkanes of at least 4 members (excludes halogenated alkanes) is 30. The van der Waals surface area contributed by atoms with Crippen LogP contribution in [0.3, 0.4) is 0 Å². The number of aliphatic hydroxyl groups is 1. The Hall–Kier alpha value is -1.52. The number of carbonyl (C=O) groups excluding carboxylic acids is 3. The van der Waals surface area contributed by atoms with Crippen LogP contribution in [-0.2, 0) is 42.2 Å². The summed E-state index contributed by atoms with van der Waals surface area (Å²) < 4.78 is 39.2. The molecule has 0 aromatic heterocycles. The van der Waals surface area contributed by atoms with Crippen LogP contribution >= 0.6 is 7.82 Å². The smallest absolute Gasteiger partial charge is 0.462 e. The first kappa shape index (κ1) is 58.5. The van der Waals surface area contributed by atoms with Gasteiger partial charge in [0.2, 0.25) is 0 Å². The molecule has 0 fully saturated rings. The Labute approximate surface area is 367 Å². The van der Waals surface area contributed by atoms with Crippen molar-refractivity contribution < 1.29 is 52.2 Å². The van der Waals surface area contributed by atoms with Gasteiger partial charge in [0.15, 0.2) is 6.10 Å². The average Bonchev–Trinajstić information content (AvgIpc) is 3.23. The SMILES string of the molecule is CCCCCCCCCCCCCCCC(=O)OCC(COP(=O)(O)OCC(CO)OC(=O)CCCCCCCCCCC)OC(=O)CCCCCCCCCCCCC. The normalized spacial score (nSPS) is 13.5. The van der Waals surface area contributed by atoms with Crippen molar-refractivity contribution in [1.29, 1.82) is 0 Å². The maximum Gasteiger partial charge on any atom is 0.472 e. The summed E-state index contributed by atoms with van der Waals surface area (Å²) in [6.07, 6.45) is 36.5. The van der Waals surface area contributed by atoms with Gasteiger partial charge in [-0.3, -0.25) is 23.4 Å². The second kappa shape index (κ2) is 44.1. The molecule has 60 heavy (non-hydrogen) atoms. The van der Waals surface area contributed by atoms with Gasteiger partial charge in [-0.1, -0.05) is 213 Å². The second-order valence-electron chi connectivity index (χ2n) is 17.0. The standard InChI is InChI=1S/C48H93O11P/c1-4-7-10-13-16-19-21-22-24-26-28-31-34-37-46(50)55-41-45(59-48(52)39-36-33-30-27-23-20-17-14-11-8-5-2)43-57-60(53,54)56-42-44(40-49)58-47(51)38-35-32-29-25-18-15-12-9-6-3/h44-45,49H,4-43H2,1-3H3,(H,53,54). The van der Waals surface area contributed by atoms with Crippen LogP contribution in [0.15, 0.2) is 0 Å². The van der Waals surface area contributed by atoms with Crippen LogP contribution in [0.1, 0.15) is 252 Å². The predicted molar refractivity (Wildman–Crippen MR) is 243 cm³/mol. The topological polar surface area (TPSA) is 155 Å². The third kappa shape index (κ3) is 41.8. The Bertz CT molecular complexity index is 1030. The summed E-state index contributed by atoms with van der Waals surface area (Å²) in [4.78, 5) is 48.1. The lowest BCUT2D eigenvalue weighted by Gasteiger charge is -2.21. The zero-order valence-electron chi connectivity index (χ0n) is 39.0. The molecule has 0 aliphatic rings. The molecule has 12 heteroatoms. The lowest BCUT2D eigenvalue weighted by molar-refractivity contribution is -0.161. The minimum atomic E-state index is -4.72. The molecule has 0 rings (SSSR count). The van der Waals surface area contributed by atoms with Crippen LogP contribution in [0.2, 0.25) is 0 Å². The van der Waals surface area contributed by atoms with E-state index in [4.69, 9.17) is 23.3 Å². The van der Waals surface area contributed by atoms with Crippen LogP contribution in [-0.4, -0.2) is 66.5 Å². The summed E-state index contributed by atoms with van der Waals surface area (Å²) in [7, 11) is -4.72. The van der Waals surface area contributed by atoms with Crippen molar-refractivity contribution in [1.82, 2.24) is 0 Å². The van der Waals surface area contributed by atoms with Crippen molar-refractivity contribution in [3.05, 3.63) is 0 Å². The minimum absolute atomic E-state index is 0.177. The average molecular weight is 877 g/mol. The van der Waals surface area contributed by atoms with Gasteiger partial charge in [0, 0.05) is 19.3 Å². The number of carbonyl (C=O) groups is 3. The molecule has 0 spiro atoms. The van der Waals surface area contributed by atoms with E-state index in [1.54, 1.807) is 0 Å². The first-order chi connectivity index (χ1) is 29.2. The van der Waals surface area contributed by atoms with Gasteiger partial charge in [0.25, 0.3) is 0 Å². The van der Waals surface area contributed by atoms with Crippen LogP contribution in [0.5, 0.6) is 0 Å². The summed E-state index contributed by atoms with van der Waals surface area (Å²) in [5.41, 5.74) is 0. The summed E-state index contributed by atoms with van der Waals surface area (Å²) >= 11 is 0. The van der Waals surface area contributed by atoms with E-state index >= 15 is 0 Å². The maximum absolute atomic E-state index is 12.8. The van der Waals surface area contributed by atoms with E-state index in [1.807, 2.05) is 0 Å². The van der Waals surface area contributed by atoms with Crippen LogP contribution in [0.4, 0.5) is 0 Å². The number of esters is 3. The molecule has 356 valence electrons. The van der Waals surface area contributed by atoms with E-state index in [9.17, 15) is 28.9 Å². The van der Waals surface area contributed by atoms with E-state index in [-0.39, 0.29) is 25.9 Å². The highest BCUT2D eigenvalue weighted by Crippen LogP contribution is 2.43. The van der Waals surface area contributed by atoms with Crippen molar-refractivity contribution >= 4 is 25.7 Å². The van der Waals surface area contributed by atoms with Gasteiger partial charge in [0.1, 0.15) is 12.7 Å². The molecule has 3 unspecified atom stereocenters. The number of hydrogen-bond donors (Lipinski definition) is 2. The number of hydrogen-bond acceptors (Lipinski definition) is 10. The van der Waals surface area contributed by atoms with Crippen molar-refractivity contribution in [3.8, 4) is 0 Å². The molecule has 2 N–H and O–H groups in total. The Balaban J connectivity index is 4.70. The molecule has 0 aliphatic carbocycles. The number of aliphatic hydroxyl groups excluding tert-OH is 1. The molecular formula is C48H93O11P. The molecule has 3 atom stereocenters. The second-order valence-corrected chi connectivity index (χ2v) is 18.5. The highest BCUT2D eigenvalue weighted by Gasteiger charge is 2.28. The van der Waals surface area contributed by atoms with Gasteiger partial charge in [0.05, 0.1) is 19.8 Å². The monoisotopic (exact) mass is 877 g/mol. The van der Waals surface area contributed by atoms with E-state index in [0.717, 1.165) is 57.8 Å². The Morgan fingerprint density at radius 2 is 0.667 bits per heavy atom. The third-order valence-electron chi connectivity index (χ3n) is 11.0. The molecule has 0 aromatic carbocycles. The molecule has 0 saturated heterocycles. The molecule has 0 heterocycles. The molecule has 0 aromatic rings. The first-order valence-electron chi connectivity index (χ1n) is 24.9. The van der Waals surface area contributed by atoms with Gasteiger partial charge in [-0.2, -0.15) is 0 Å². The molecule has 0 amide bonds. The summed E-state index contributed by atoms with van der Waals surface area (Å²) in [5, 5.41) is 9.72. The third-order valence-corrected chi connectivity index (χ3v) is 12.0. The fourth-order valence-corrected chi connectivity index (χ4v) is 7.96. The van der Waals surface area contributed by atoms with Crippen LogP contribution in [0.25, 0.3) is 0 Å². The Kier molecular flexibility index (Phi) is 43.0. The van der Waals surface area contributed by atoms with Crippen molar-refractivity contribution in [2.24, 2.45) is 0 Å². The largest absolute Gasteiger partial charge is 0.472 e. The quantitative estimate of drug-likeness (QED) is 0.0260. The lowest BCUT2D eigenvalue weighted by Crippen LogP contribution is -2.30. The Morgan fingerprint density at radius 1 is 0.400 bits per heavy atom. The highest BCUT2D eigenvalue weighted by atomic mass is 31.2. The zero-order chi connectivity index (χ0) is 44.2. The fourth-order valence-electron chi connectivity index (χ4n) is 7.18. The van der Waals surface area contributed by atoms with E-state index in [0.29, 0.717) is 19.3 Å². The predicted octanol–water partition coefficient (Wildman–Crippen LogP) is 13.6. The van der Waals surface area contributed by atoms with E-state index < -0.39 is 57.8 Å². The number of rotatable bonds is 47. The summed E-state index contributed by atoms with van der Waals surface area (Å²) in [6.45, 7) is 4.63. The van der Waals surface area contributed by atoms with Gasteiger partial charge in [-0.25, -0.2) is 4.57 Å². The fraction of sp³-hybridized carbons (Fsp3) is 0.938. The zero-order valence-corrected chi connectivity index (χ0v) is 39.8. The minimum Gasteiger partial charge on any atom is -0.462 e. The highest BCUT2D eigenvalue weighted by molar-refractivity contribution is 7.47. The molecule has 0 bridgehead atoms. The molecule has 0 radical (unpaired) electrons.